The highest BCUT2D eigenvalue weighted by molar-refractivity contribution is 5.13. The summed E-state index contributed by atoms with van der Waals surface area (Å²) in [6, 6.07) is 4.56. The van der Waals surface area contributed by atoms with Crippen molar-refractivity contribution in [3.8, 4) is 0 Å². The minimum Gasteiger partial charge on any atom is -0.314 e. The topological polar surface area (TPSA) is 42.7 Å². The lowest BCUT2D eigenvalue weighted by Gasteiger charge is -2.17. The second-order valence-electron chi connectivity index (χ2n) is 4.73. The quantitative estimate of drug-likeness (QED) is 0.826. The van der Waals surface area contributed by atoms with Crippen molar-refractivity contribution in [3.63, 3.8) is 0 Å². The van der Waals surface area contributed by atoms with Gasteiger partial charge in [0.25, 0.3) is 0 Å². The van der Waals surface area contributed by atoms with Gasteiger partial charge in [0, 0.05) is 31.2 Å². The van der Waals surface area contributed by atoms with E-state index in [1.807, 2.05) is 29.3 Å². The average molecular weight is 258 g/mol. The van der Waals surface area contributed by atoms with Gasteiger partial charge in [0.1, 0.15) is 0 Å². The van der Waals surface area contributed by atoms with Crippen LogP contribution in [-0.2, 0) is 19.4 Å². The van der Waals surface area contributed by atoms with Gasteiger partial charge in [-0.25, -0.2) is 0 Å². The molecule has 1 N–H and O–H groups in total. The molecule has 0 fully saturated rings. The van der Waals surface area contributed by atoms with Gasteiger partial charge in [-0.15, -0.1) is 0 Å². The monoisotopic (exact) mass is 258 g/mol. The molecule has 4 heteroatoms. The highest BCUT2D eigenvalue weighted by atomic mass is 15.3. The van der Waals surface area contributed by atoms with Crippen molar-refractivity contribution < 1.29 is 0 Å². The molecule has 2 rings (SSSR count). The van der Waals surface area contributed by atoms with E-state index in [0.29, 0.717) is 6.04 Å². The minimum absolute atomic E-state index is 0.434. The summed E-state index contributed by atoms with van der Waals surface area (Å²) in [5.74, 6) is 0. The lowest BCUT2D eigenvalue weighted by atomic mass is 10.0. The fourth-order valence-corrected chi connectivity index (χ4v) is 2.28. The molecular formula is C15H22N4. The molecule has 2 aromatic rings. The van der Waals surface area contributed by atoms with E-state index in [1.54, 1.807) is 0 Å². The summed E-state index contributed by atoms with van der Waals surface area (Å²) in [7, 11) is 0. The van der Waals surface area contributed by atoms with Crippen molar-refractivity contribution in [1.82, 2.24) is 20.1 Å². The summed E-state index contributed by atoms with van der Waals surface area (Å²) >= 11 is 0. The summed E-state index contributed by atoms with van der Waals surface area (Å²) in [6.45, 7) is 6.15. The molecule has 0 aliphatic carbocycles. The van der Waals surface area contributed by atoms with Crippen LogP contribution in [0.15, 0.2) is 36.9 Å². The predicted octanol–water partition coefficient (Wildman–Crippen LogP) is 2.06. The fourth-order valence-electron chi connectivity index (χ4n) is 2.28. The lowest BCUT2D eigenvalue weighted by molar-refractivity contribution is 0.520. The van der Waals surface area contributed by atoms with E-state index in [2.05, 4.69) is 41.5 Å². The Kier molecular flexibility index (Phi) is 5.10. The van der Waals surface area contributed by atoms with Crippen molar-refractivity contribution >= 4 is 0 Å². The largest absolute Gasteiger partial charge is 0.314 e. The molecule has 0 bridgehead atoms. The number of hydrogen-bond donors (Lipinski definition) is 1. The summed E-state index contributed by atoms with van der Waals surface area (Å²) in [5, 5.41) is 7.87. The first-order chi connectivity index (χ1) is 9.31. The maximum atomic E-state index is 4.33. The summed E-state index contributed by atoms with van der Waals surface area (Å²) in [4.78, 5) is 4.18. The van der Waals surface area contributed by atoms with E-state index in [0.717, 1.165) is 25.9 Å². The van der Waals surface area contributed by atoms with Gasteiger partial charge in [0.05, 0.1) is 6.20 Å². The van der Waals surface area contributed by atoms with Crippen molar-refractivity contribution in [2.75, 3.05) is 6.54 Å². The molecule has 0 aliphatic heterocycles. The van der Waals surface area contributed by atoms with Crippen LogP contribution in [0.1, 0.15) is 25.0 Å². The van der Waals surface area contributed by atoms with Crippen molar-refractivity contribution in [2.45, 2.75) is 39.3 Å². The molecule has 0 aliphatic rings. The van der Waals surface area contributed by atoms with E-state index in [1.165, 1.54) is 11.1 Å². The van der Waals surface area contributed by atoms with Crippen LogP contribution in [0.2, 0.25) is 0 Å². The molecule has 0 saturated heterocycles. The van der Waals surface area contributed by atoms with Gasteiger partial charge in [-0.1, -0.05) is 13.0 Å². The zero-order valence-corrected chi connectivity index (χ0v) is 11.7. The van der Waals surface area contributed by atoms with E-state index < -0.39 is 0 Å². The van der Waals surface area contributed by atoms with E-state index in [4.69, 9.17) is 0 Å². The Balaban J connectivity index is 1.99. The fraction of sp³-hybridized carbons (Fsp3) is 0.467. The first kappa shape index (κ1) is 13.7. The third-order valence-electron chi connectivity index (χ3n) is 3.19. The van der Waals surface area contributed by atoms with E-state index in [9.17, 15) is 0 Å². The number of pyridine rings is 1. The second-order valence-corrected chi connectivity index (χ2v) is 4.73. The number of nitrogens with one attached hydrogen (secondary N) is 1. The number of aromatic nitrogens is 3. The Bertz CT molecular complexity index is 478. The van der Waals surface area contributed by atoms with Crippen LogP contribution in [0.5, 0.6) is 0 Å². The number of likely N-dealkylation sites (N-methyl/N-ethyl adjacent to an activating group) is 1. The van der Waals surface area contributed by atoms with Crippen LogP contribution in [0.4, 0.5) is 0 Å². The van der Waals surface area contributed by atoms with Crippen LogP contribution >= 0.6 is 0 Å². The highest BCUT2D eigenvalue weighted by Gasteiger charge is 2.10. The van der Waals surface area contributed by atoms with Gasteiger partial charge in [0.15, 0.2) is 0 Å². The Morgan fingerprint density at radius 1 is 1.21 bits per heavy atom. The number of hydrogen-bond acceptors (Lipinski definition) is 3. The first-order valence-electron chi connectivity index (χ1n) is 6.95. The van der Waals surface area contributed by atoms with Crippen LogP contribution in [0, 0.1) is 0 Å². The number of aryl methyl sites for hydroxylation is 1. The Morgan fingerprint density at radius 3 is 2.68 bits per heavy atom. The molecule has 102 valence electrons. The molecule has 0 radical (unpaired) electrons. The van der Waals surface area contributed by atoms with Gasteiger partial charge in [-0.05, 0) is 43.5 Å². The summed E-state index contributed by atoms with van der Waals surface area (Å²) in [6.07, 6.45) is 9.86. The standard InChI is InChI=1S/C15H22N4/c1-3-17-15(8-13-6-5-7-16-10-13)9-14-11-18-19(4-2)12-14/h5-7,10-12,15,17H,3-4,8-9H2,1-2H3. The zero-order chi connectivity index (χ0) is 13.5. The van der Waals surface area contributed by atoms with Crippen molar-refractivity contribution in [1.29, 1.82) is 0 Å². The van der Waals surface area contributed by atoms with Crippen LogP contribution in [-0.4, -0.2) is 27.4 Å². The molecular weight excluding hydrogens is 236 g/mol. The molecule has 4 nitrogen and oxygen atoms in total. The molecule has 19 heavy (non-hydrogen) atoms. The van der Waals surface area contributed by atoms with Gasteiger partial charge in [-0.3, -0.25) is 9.67 Å². The Hall–Kier alpha value is -1.68. The zero-order valence-electron chi connectivity index (χ0n) is 11.7. The summed E-state index contributed by atoms with van der Waals surface area (Å²) in [5.41, 5.74) is 2.56. The highest BCUT2D eigenvalue weighted by Crippen LogP contribution is 2.08. The third-order valence-corrected chi connectivity index (χ3v) is 3.19. The number of nitrogens with zero attached hydrogens (tertiary/aromatic N) is 3. The smallest absolute Gasteiger partial charge is 0.0522 e. The number of rotatable bonds is 7. The Morgan fingerprint density at radius 2 is 2.05 bits per heavy atom. The molecule has 2 aromatic heterocycles. The maximum Gasteiger partial charge on any atom is 0.0522 e. The van der Waals surface area contributed by atoms with Gasteiger partial charge in [-0.2, -0.15) is 5.10 Å². The molecule has 1 unspecified atom stereocenters. The minimum atomic E-state index is 0.434. The molecule has 0 amide bonds. The average Bonchev–Trinajstić information content (AvgIpc) is 2.88. The molecule has 0 aromatic carbocycles. The lowest BCUT2D eigenvalue weighted by Crippen LogP contribution is -2.33. The molecule has 2 heterocycles. The normalized spacial score (nSPS) is 12.5. The van der Waals surface area contributed by atoms with Crippen LogP contribution in [0.25, 0.3) is 0 Å². The van der Waals surface area contributed by atoms with Crippen LogP contribution < -0.4 is 5.32 Å². The van der Waals surface area contributed by atoms with Gasteiger partial charge in [0.2, 0.25) is 0 Å². The van der Waals surface area contributed by atoms with Crippen molar-refractivity contribution in [2.24, 2.45) is 0 Å². The molecule has 1 atom stereocenters. The van der Waals surface area contributed by atoms with E-state index >= 15 is 0 Å². The first-order valence-corrected chi connectivity index (χ1v) is 6.95. The second kappa shape index (κ2) is 7.04. The van der Waals surface area contributed by atoms with Gasteiger partial charge >= 0.3 is 0 Å². The maximum absolute atomic E-state index is 4.33. The molecule has 0 spiro atoms. The third kappa shape index (κ3) is 4.17. The van der Waals surface area contributed by atoms with Gasteiger partial charge < -0.3 is 5.32 Å². The summed E-state index contributed by atoms with van der Waals surface area (Å²) < 4.78 is 1.97. The molecule has 0 saturated carbocycles. The SMILES string of the molecule is CCNC(Cc1cccnc1)Cc1cnn(CC)c1. The van der Waals surface area contributed by atoms with E-state index in [-0.39, 0.29) is 0 Å². The van der Waals surface area contributed by atoms with Crippen molar-refractivity contribution in [3.05, 3.63) is 48.0 Å². The van der Waals surface area contributed by atoms with Crippen LogP contribution in [0.3, 0.4) is 0 Å². The Labute approximate surface area is 114 Å². The predicted molar refractivity (Wildman–Crippen MR) is 77.0 cm³/mol.